The Hall–Kier alpha value is -4.28. The van der Waals surface area contributed by atoms with Crippen molar-refractivity contribution >= 4 is 17.6 Å². The zero-order valence-corrected chi connectivity index (χ0v) is 21.2. The molecule has 2 heterocycles. The molecule has 0 aliphatic carbocycles. The van der Waals surface area contributed by atoms with Crippen molar-refractivity contribution in [2.24, 2.45) is 0 Å². The van der Waals surface area contributed by atoms with E-state index in [-0.39, 0.29) is 36.2 Å². The van der Waals surface area contributed by atoms with Crippen LogP contribution < -0.4 is 15.8 Å². The van der Waals surface area contributed by atoms with Crippen LogP contribution in [0.2, 0.25) is 0 Å². The molecule has 0 unspecified atom stereocenters. The number of benzene rings is 1. The standard InChI is InChI=1S/C25H31N7O4/c1-7-18(33)32(6)10-11-35-20-19(28-14-29-21(20)26)16-8-9-17(15(2)12-16)13-27-22(34)23-30-31-24(36-23)25(3,4)5/h7-9,12,14H,1,10-11,13H2,2-6H3,(H,27,34)(H2,26,28,29). The molecule has 2 aromatic heterocycles. The van der Waals surface area contributed by atoms with Crippen LogP contribution >= 0.6 is 0 Å². The topological polar surface area (TPSA) is 149 Å². The quantitative estimate of drug-likeness (QED) is 0.429. The van der Waals surface area contributed by atoms with E-state index in [9.17, 15) is 9.59 Å². The van der Waals surface area contributed by atoms with Gasteiger partial charge in [-0.1, -0.05) is 39.5 Å². The molecule has 0 radical (unpaired) electrons. The van der Waals surface area contributed by atoms with Crippen molar-refractivity contribution in [1.29, 1.82) is 0 Å². The van der Waals surface area contributed by atoms with Gasteiger partial charge < -0.3 is 25.1 Å². The lowest BCUT2D eigenvalue weighted by Crippen LogP contribution is -2.29. The molecule has 0 fully saturated rings. The summed E-state index contributed by atoms with van der Waals surface area (Å²) in [5.41, 5.74) is 8.83. The first-order chi connectivity index (χ1) is 17.0. The summed E-state index contributed by atoms with van der Waals surface area (Å²) in [5, 5.41) is 10.6. The van der Waals surface area contributed by atoms with Crippen LogP contribution in [-0.2, 0) is 16.8 Å². The third-order valence-electron chi connectivity index (χ3n) is 5.37. The van der Waals surface area contributed by atoms with Crippen LogP contribution in [0.15, 0.2) is 41.6 Å². The fraction of sp³-hybridized carbons (Fsp3) is 0.360. The molecule has 0 saturated heterocycles. The molecule has 0 bridgehead atoms. The van der Waals surface area contributed by atoms with E-state index in [0.717, 1.165) is 16.7 Å². The number of hydrogen-bond donors (Lipinski definition) is 2. The van der Waals surface area contributed by atoms with Gasteiger partial charge in [0.05, 0.1) is 6.54 Å². The number of nitrogens with two attached hydrogens (primary N) is 1. The maximum atomic E-state index is 12.5. The number of carbonyl (C=O) groups excluding carboxylic acids is 2. The Morgan fingerprint density at radius 1 is 1.25 bits per heavy atom. The molecule has 36 heavy (non-hydrogen) atoms. The zero-order chi connectivity index (χ0) is 26.5. The first-order valence-electron chi connectivity index (χ1n) is 11.3. The maximum Gasteiger partial charge on any atom is 0.309 e. The normalized spacial score (nSPS) is 11.1. The summed E-state index contributed by atoms with van der Waals surface area (Å²) in [4.78, 5) is 34.0. The molecule has 1 aromatic carbocycles. The number of ether oxygens (including phenoxy) is 1. The summed E-state index contributed by atoms with van der Waals surface area (Å²) in [6, 6.07) is 5.67. The van der Waals surface area contributed by atoms with Crippen LogP contribution in [0, 0.1) is 6.92 Å². The molecular formula is C25H31N7O4. The number of hydrogen-bond acceptors (Lipinski definition) is 9. The van der Waals surface area contributed by atoms with Crippen LogP contribution in [0.3, 0.4) is 0 Å². The zero-order valence-electron chi connectivity index (χ0n) is 21.2. The van der Waals surface area contributed by atoms with Gasteiger partial charge in [0.25, 0.3) is 0 Å². The highest BCUT2D eigenvalue weighted by Gasteiger charge is 2.24. The van der Waals surface area contributed by atoms with Gasteiger partial charge in [0.2, 0.25) is 11.8 Å². The second kappa shape index (κ2) is 11.0. The minimum atomic E-state index is -0.444. The predicted molar refractivity (Wildman–Crippen MR) is 134 cm³/mol. The van der Waals surface area contributed by atoms with E-state index in [0.29, 0.717) is 23.9 Å². The fourth-order valence-electron chi connectivity index (χ4n) is 3.20. The van der Waals surface area contributed by atoms with Crippen LogP contribution in [-0.4, -0.2) is 57.1 Å². The first-order valence-corrected chi connectivity index (χ1v) is 11.3. The number of nitrogens with zero attached hydrogens (tertiary/aromatic N) is 5. The predicted octanol–water partition coefficient (Wildman–Crippen LogP) is 2.67. The lowest BCUT2D eigenvalue weighted by atomic mass is 9.97. The largest absolute Gasteiger partial charge is 0.486 e. The lowest BCUT2D eigenvalue weighted by Gasteiger charge is -2.17. The van der Waals surface area contributed by atoms with E-state index in [1.165, 1.54) is 17.3 Å². The van der Waals surface area contributed by atoms with Gasteiger partial charge in [0.1, 0.15) is 18.6 Å². The monoisotopic (exact) mass is 493 g/mol. The summed E-state index contributed by atoms with van der Waals surface area (Å²) in [6.45, 7) is 12.0. The van der Waals surface area contributed by atoms with Gasteiger partial charge in [0, 0.05) is 24.6 Å². The first kappa shape index (κ1) is 26.3. The highest BCUT2D eigenvalue weighted by atomic mass is 16.5. The summed E-state index contributed by atoms with van der Waals surface area (Å²) < 4.78 is 11.3. The van der Waals surface area contributed by atoms with Crippen molar-refractivity contribution in [2.45, 2.75) is 39.7 Å². The number of rotatable bonds is 9. The molecule has 190 valence electrons. The number of likely N-dealkylation sites (N-methyl/N-ethyl adjacent to an activating group) is 1. The average Bonchev–Trinajstić information content (AvgIpc) is 3.34. The lowest BCUT2D eigenvalue weighted by molar-refractivity contribution is -0.125. The fourth-order valence-corrected chi connectivity index (χ4v) is 3.20. The highest BCUT2D eigenvalue weighted by molar-refractivity contribution is 5.89. The molecule has 0 atom stereocenters. The van der Waals surface area contributed by atoms with E-state index in [2.05, 4.69) is 32.1 Å². The number of carbonyl (C=O) groups is 2. The molecule has 0 aliphatic heterocycles. The van der Waals surface area contributed by atoms with Crippen molar-refractivity contribution in [3.05, 3.63) is 60.1 Å². The summed E-state index contributed by atoms with van der Waals surface area (Å²) >= 11 is 0. The molecule has 3 N–H and O–H groups in total. The Kier molecular flexibility index (Phi) is 8.03. The van der Waals surface area contributed by atoms with E-state index in [1.807, 2.05) is 45.9 Å². The molecule has 0 spiro atoms. The highest BCUT2D eigenvalue weighted by Crippen LogP contribution is 2.32. The minimum absolute atomic E-state index is 0.0760. The second-order valence-corrected chi connectivity index (χ2v) is 9.24. The molecule has 3 aromatic rings. The molecule has 3 rings (SSSR count). The Labute approximate surface area is 209 Å². The van der Waals surface area contributed by atoms with Gasteiger partial charge in [-0.15, -0.1) is 10.2 Å². The van der Waals surface area contributed by atoms with Gasteiger partial charge in [0.15, 0.2) is 11.6 Å². The van der Waals surface area contributed by atoms with Crippen LogP contribution in [0.25, 0.3) is 11.3 Å². The van der Waals surface area contributed by atoms with E-state index in [4.69, 9.17) is 14.9 Å². The van der Waals surface area contributed by atoms with Crippen molar-refractivity contribution < 1.29 is 18.7 Å². The van der Waals surface area contributed by atoms with Gasteiger partial charge >= 0.3 is 11.8 Å². The number of anilines is 1. The Bertz CT molecular complexity index is 1260. The molecule has 11 heteroatoms. The van der Waals surface area contributed by atoms with E-state index in [1.54, 1.807) is 7.05 Å². The van der Waals surface area contributed by atoms with Crippen molar-refractivity contribution in [2.75, 3.05) is 25.9 Å². The van der Waals surface area contributed by atoms with Gasteiger partial charge in [-0.2, -0.15) is 0 Å². The van der Waals surface area contributed by atoms with Gasteiger partial charge in [-0.25, -0.2) is 9.97 Å². The number of aromatic nitrogens is 4. The average molecular weight is 494 g/mol. The molecule has 2 amide bonds. The number of amides is 2. The third kappa shape index (κ3) is 6.23. The van der Waals surface area contributed by atoms with Gasteiger partial charge in [-0.05, 0) is 30.2 Å². The maximum absolute atomic E-state index is 12.5. The Morgan fingerprint density at radius 3 is 2.64 bits per heavy atom. The SMILES string of the molecule is C=CC(=O)N(C)CCOc1c(N)ncnc1-c1ccc(CNC(=O)c2nnc(C(C)(C)C)o2)c(C)c1. The smallest absolute Gasteiger partial charge is 0.309 e. The molecule has 0 saturated carbocycles. The number of nitrogens with one attached hydrogen (secondary N) is 1. The van der Waals surface area contributed by atoms with Crippen molar-refractivity contribution in [3.63, 3.8) is 0 Å². The van der Waals surface area contributed by atoms with Crippen LogP contribution in [0.1, 0.15) is 48.5 Å². The molecule has 11 nitrogen and oxygen atoms in total. The van der Waals surface area contributed by atoms with Crippen LogP contribution in [0.4, 0.5) is 5.82 Å². The second-order valence-electron chi connectivity index (χ2n) is 9.24. The third-order valence-corrected chi connectivity index (χ3v) is 5.37. The van der Waals surface area contributed by atoms with Crippen molar-refractivity contribution in [3.8, 4) is 17.0 Å². The van der Waals surface area contributed by atoms with Gasteiger partial charge in [-0.3, -0.25) is 9.59 Å². The number of aryl methyl sites for hydroxylation is 1. The Balaban J connectivity index is 1.70. The minimum Gasteiger partial charge on any atom is -0.486 e. The summed E-state index contributed by atoms with van der Waals surface area (Å²) in [7, 11) is 1.65. The van der Waals surface area contributed by atoms with Crippen LogP contribution in [0.5, 0.6) is 5.75 Å². The number of nitrogen functional groups attached to an aromatic ring is 1. The molecular weight excluding hydrogens is 462 g/mol. The van der Waals surface area contributed by atoms with E-state index < -0.39 is 5.91 Å². The summed E-state index contributed by atoms with van der Waals surface area (Å²) in [5.74, 6) is 0.204. The van der Waals surface area contributed by atoms with E-state index >= 15 is 0 Å². The van der Waals surface area contributed by atoms with Crippen molar-refractivity contribution in [1.82, 2.24) is 30.4 Å². The Morgan fingerprint density at radius 2 is 2.00 bits per heavy atom. The summed E-state index contributed by atoms with van der Waals surface area (Å²) in [6.07, 6.45) is 2.61. The molecule has 0 aliphatic rings.